The predicted octanol–water partition coefficient (Wildman–Crippen LogP) is 1.88. The minimum absolute atomic E-state index is 0.251. The van der Waals surface area contributed by atoms with Crippen LogP contribution in [-0.4, -0.2) is 19.7 Å². The van der Waals surface area contributed by atoms with E-state index in [4.69, 9.17) is 15.9 Å². The Morgan fingerprint density at radius 2 is 2.07 bits per heavy atom. The Kier molecular flexibility index (Phi) is 4.24. The third kappa shape index (κ3) is 3.35. The lowest BCUT2D eigenvalue weighted by Gasteiger charge is -2.03. The number of benzene rings is 1. The van der Waals surface area contributed by atoms with Crippen molar-refractivity contribution >= 4 is 5.97 Å². The predicted molar refractivity (Wildman–Crippen MR) is 56.7 cm³/mol. The van der Waals surface area contributed by atoms with E-state index in [1.807, 2.05) is 0 Å². The number of ether oxygens (including phenoxy) is 2. The third-order valence-electron chi connectivity index (χ3n) is 1.81. The lowest BCUT2D eigenvalue weighted by molar-refractivity contribution is 0.0513. The molecule has 15 heavy (non-hydrogen) atoms. The van der Waals surface area contributed by atoms with Crippen molar-refractivity contribution in [1.29, 1.82) is 0 Å². The number of carbonyl (C=O) groups is 1. The molecular weight excluding hydrogens is 192 g/mol. The molecule has 0 bridgehead atoms. The van der Waals surface area contributed by atoms with Gasteiger partial charge in [0, 0.05) is 6.42 Å². The highest BCUT2D eigenvalue weighted by atomic mass is 16.5. The lowest BCUT2D eigenvalue weighted by Crippen LogP contribution is -2.05. The largest absolute Gasteiger partial charge is 0.497 e. The SMILES string of the molecule is C#CCCOC(=O)c1ccc(OC)cc1. The van der Waals surface area contributed by atoms with Crippen molar-refractivity contribution in [2.75, 3.05) is 13.7 Å². The molecule has 0 radical (unpaired) electrons. The van der Waals surface area contributed by atoms with Gasteiger partial charge in [-0.1, -0.05) is 0 Å². The first-order valence-electron chi connectivity index (χ1n) is 4.52. The summed E-state index contributed by atoms with van der Waals surface area (Å²) in [5.41, 5.74) is 0.493. The third-order valence-corrected chi connectivity index (χ3v) is 1.81. The van der Waals surface area contributed by atoms with Gasteiger partial charge in [0.2, 0.25) is 0 Å². The molecule has 0 amide bonds. The molecule has 0 unspecified atom stereocenters. The van der Waals surface area contributed by atoms with Gasteiger partial charge in [-0.05, 0) is 24.3 Å². The van der Waals surface area contributed by atoms with E-state index in [0.717, 1.165) is 0 Å². The Morgan fingerprint density at radius 1 is 1.40 bits per heavy atom. The molecule has 0 aliphatic heterocycles. The van der Waals surface area contributed by atoms with E-state index in [9.17, 15) is 4.79 Å². The first kappa shape index (κ1) is 11.1. The van der Waals surface area contributed by atoms with E-state index in [0.29, 0.717) is 17.7 Å². The highest BCUT2D eigenvalue weighted by molar-refractivity contribution is 5.89. The number of carbonyl (C=O) groups excluding carboxylic acids is 1. The second kappa shape index (κ2) is 5.71. The molecule has 0 spiro atoms. The number of hydrogen-bond donors (Lipinski definition) is 0. The van der Waals surface area contributed by atoms with Crippen LogP contribution in [0.25, 0.3) is 0 Å². The molecule has 0 aromatic heterocycles. The van der Waals surface area contributed by atoms with Gasteiger partial charge in [0.15, 0.2) is 0 Å². The Labute approximate surface area is 89.0 Å². The lowest BCUT2D eigenvalue weighted by atomic mass is 10.2. The first-order chi connectivity index (χ1) is 7.27. The average molecular weight is 204 g/mol. The van der Waals surface area contributed by atoms with Gasteiger partial charge in [0.25, 0.3) is 0 Å². The molecule has 1 aromatic carbocycles. The Bertz CT molecular complexity index is 359. The number of rotatable bonds is 4. The van der Waals surface area contributed by atoms with E-state index in [1.165, 1.54) is 0 Å². The zero-order valence-electron chi connectivity index (χ0n) is 8.53. The van der Waals surface area contributed by atoms with Crippen LogP contribution >= 0.6 is 0 Å². The molecule has 0 saturated heterocycles. The molecule has 0 fully saturated rings. The van der Waals surface area contributed by atoms with E-state index < -0.39 is 0 Å². The van der Waals surface area contributed by atoms with Crippen LogP contribution in [-0.2, 0) is 4.74 Å². The Hall–Kier alpha value is -1.95. The molecule has 1 aromatic rings. The summed E-state index contributed by atoms with van der Waals surface area (Å²) in [6.07, 6.45) is 5.47. The first-order valence-corrected chi connectivity index (χ1v) is 4.52. The van der Waals surface area contributed by atoms with E-state index in [1.54, 1.807) is 31.4 Å². The molecule has 0 saturated carbocycles. The van der Waals surface area contributed by atoms with Gasteiger partial charge >= 0.3 is 5.97 Å². The molecule has 3 nitrogen and oxygen atoms in total. The summed E-state index contributed by atoms with van der Waals surface area (Å²) in [6.45, 7) is 0.251. The maximum Gasteiger partial charge on any atom is 0.338 e. The van der Waals surface area contributed by atoms with Crippen molar-refractivity contribution in [2.45, 2.75) is 6.42 Å². The maximum absolute atomic E-state index is 11.4. The fraction of sp³-hybridized carbons (Fsp3) is 0.250. The molecule has 0 aliphatic carbocycles. The minimum atomic E-state index is -0.368. The van der Waals surface area contributed by atoms with Crippen LogP contribution in [0.1, 0.15) is 16.8 Å². The topological polar surface area (TPSA) is 35.5 Å². The Balaban J connectivity index is 2.55. The molecule has 78 valence electrons. The smallest absolute Gasteiger partial charge is 0.338 e. The maximum atomic E-state index is 11.4. The van der Waals surface area contributed by atoms with Crippen molar-refractivity contribution in [3.63, 3.8) is 0 Å². The highest BCUT2D eigenvalue weighted by Gasteiger charge is 2.05. The monoisotopic (exact) mass is 204 g/mol. The van der Waals surface area contributed by atoms with Crippen molar-refractivity contribution in [2.24, 2.45) is 0 Å². The second-order valence-corrected chi connectivity index (χ2v) is 2.82. The van der Waals surface area contributed by atoms with Gasteiger partial charge in [0.1, 0.15) is 12.4 Å². The number of methoxy groups -OCH3 is 1. The van der Waals surface area contributed by atoms with Crippen LogP contribution < -0.4 is 4.74 Å². The normalized spacial score (nSPS) is 9.07. The fourth-order valence-electron chi connectivity index (χ4n) is 1.01. The van der Waals surface area contributed by atoms with Gasteiger partial charge in [-0.2, -0.15) is 0 Å². The average Bonchev–Trinajstić information content (AvgIpc) is 2.29. The fourth-order valence-corrected chi connectivity index (χ4v) is 1.01. The van der Waals surface area contributed by atoms with Crippen LogP contribution in [0.2, 0.25) is 0 Å². The Morgan fingerprint density at radius 3 is 2.60 bits per heavy atom. The van der Waals surface area contributed by atoms with E-state index in [-0.39, 0.29) is 12.6 Å². The zero-order chi connectivity index (χ0) is 11.1. The van der Waals surface area contributed by atoms with Crippen LogP contribution in [0, 0.1) is 12.3 Å². The summed E-state index contributed by atoms with van der Waals surface area (Å²) in [5.74, 6) is 2.73. The van der Waals surface area contributed by atoms with Gasteiger partial charge in [-0.15, -0.1) is 12.3 Å². The second-order valence-electron chi connectivity index (χ2n) is 2.82. The summed E-state index contributed by atoms with van der Waals surface area (Å²) in [7, 11) is 1.57. The summed E-state index contributed by atoms with van der Waals surface area (Å²) in [5, 5.41) is 0. The molecule has 3 heteroatoms. The van der Waals surface area contributed by atoms with Crippen molar-refractivity contribution in [3.05, 3.63) is 29.8 Å². The van der Waals surface area contributed by atoms with E-state index >= 15 is 0 Å². The van der Waals surface area contributed by atoms with E-state index in [2.05, 4.69) is 5.92 Å². The van der Waals surface area contributed by atoms with Crippen LogP contribution in [0.5, 0.6) is 5.75 Å². The van der Waals surface area contributed by atoms with Crippen molar-refractivity contribution in [1.82, 2.24) is 0 Å². The number of hydrogen-bond acceptors (Lipinski definition) is 3. The minimum Gasteiger partial charge on any atom is -0.497 e. The summed E-state index contributed by atoms with van der Waals surface area (Å²) in [4.78, 5) is 11.4. The molecular formula is C12H12O3. The number of esters is 1. The molecule has 0 heterocycles. The van der Waals surface area contributed by atoms with Gasteiger partial charge in [-0.25, -0.2) is 4.79 Å². The zero-order valence-corrected chi connectivity index (χ0v) is 8.53. The van der Waals surface area contributed by atoms with Crippen molar-refractivity contribution in [3.8, 4) is 18.1 Å². The molecule has 1 rings (SSSR count). The van der Waals surface area contributed by atoms with Crippen LogP contribution in [0.15, 0.2) is 24.3 Å². The molecule has 0 N–H and O–H groups in total. The quantitative estimate of drug-likeness (QED) is 0.426. The number of terminal acetylenes is 1. The van der Waals surface area contributed by atoms with Crippen LogP contribution in [0.4, 0.5) is 0 Å². The molecule has 0 atom stereocenters. The summed E-state index contributed by atoms with van der Waals surface area (Å²) in [6, 6.07) is 6.71. The summed E-state index contributed by atoms with van der Waals surface area (Å²) < 4.78 is 9.89. The van der Waals surface area contributed by atoms with Crippen molar-refractivity contribution < 1.29 is 14.3 Å². The van der Waals surface area contributed by atoms with Gasteiger partial charge < -0.3 is 9.47 Å². The molecule has 0 aliphatic rings. The van der Waals surface area contributed by atoms with Gasteiger partial charge in [0.05, 0.1) is 12.7 Å². The highest BCUT2D eigenvalue weighted by Crippen LogP contribution is 2.11. The summed E-state index contributed by atoms with van der Waals surface area (Å²) >= 11 is 0. The van der Waals surface area contributed by atoms with Crippen LogP contribution in [0.3, 0.4) is 0 Å². The van der Waals surface area contributed by atoms with Gasteiger partial charge in [-0.3, -0.25) is 0 Å². The standard InChI is InChI=1S/C12H12O3/c1-3-4-9-15-12(13)10-5-7-11(14-2)8-6-10/h1,5-8H,4,9H2,2H3.